The Morgan fingerprint density at radius 3 is 1.77 bits per heavy atom. The van der Waals surface area contributed by atoms with Gasteiger partial charge in [-0.3, -0.25) is 0 Å². The first-order valence-electron chi connectivity index (χ1n) is 14.2. The third-order valence-corrected chi connectivity index (χ3v) is 7.42. The van der Waals surface area contributed by atoms with Gasteiger partial charge in [0.15, 0.2) is 0 Å². The number of hydrogen-bond acceptors (Lipinski definition) is 2. The van der Waals surface area contributed by atoms with E-state index >= 15 is 8.78 Å². The monoisotopic (exact) mass is 597 g/mol. The van der Waals surface area contributed by atoms with Gasteiger partial charge in [0, 0.05) is 5.56 Å². The summed E-state index contributed by atoms with van der Waals surface area (Å²) in [6.45, 7) is 2.12. The maximum Gasteiger partial charge on any atom is 0.432 e. The normalized spacial score (nSPS) is 11.3. The lowest BCUT2D eigenvalue weighted by molar-refractivity contribution is -0.189. The summed E-state index contributed by atoms with van der Waals surface area (Å²) >= 11 is 0. The molecule has 2 nitrogen and oxygen atoms in total. The zero-order chi connectivity index (χ0) is 31.3. The number of rotatable bonds is 10. The molecular formula is C37H28F5NO. The number of unbranched alkanes of at least 4 members (excludes halogenated alkanes) is 2. The van der Waals surface area contributed by atoms with Crippen LogP contribution in [-0.2, 0) is 12.5 Å². The molecule has 0 fully saturated rings. The molecule has 0 aliphatic heterocycles. The number of halogens is 5. The first kappa shape index (κ1) is 30.5. The standard InChI is InChI=1S/C37H28F5NO/c1-2-3-4-5-24-6-10-27(11-7-24)30-21-34(39)36(35(40)22-30)37(41,42)44-31-17-14-26(15-18-31)29-16-19-32(33(38)20-29)28-12-8-25(23-43)9-13-28/h6-22H,2-5H2,1H3. The molecule has 7 heteroatoms. The highest BCUT2D eigenvalue weighted by Gasteiger charge is 2.41. The summed E-state index contributed by atoms with van der Waals surface area (Å²) in [5.41, 5.74) is 2.66. The third-order valence-electron chi connectivity index (χ3n) is 7.42. The van der Waals surface area contributed by atoms with E-state index in [4.69, 9.17) is 10.00 Å². The molecule has 0 amide bonds. The highest BCUT2D eigenvalue weighted by molar-refractivity contribution is 5.72. The van der Waals surface area contributed by atoms with Crippen LogP contribution < -0.4 is 4.74 Å². The fourth-order valence-corrected chi connectivity index (χ4v) is 5.03. The lowest BCUT2D eigenvalue weighted by atomic mass is 9.99. The molecular weight excluding hydrogens is 569 g/mol. The first-order valence-corrected chi connectivity index (χ1v) is 14.2. The quantitative estimate of drug-likeness (QED) is 0.119. The van der Waals surface area contributed by atoms with E-state index in [1.807, 2.05) is 18.2 Å². The molecule has 0 heterocycles. The summed E-state index contributed by atoms with van der Waals surface area (Å²) in [4.78, 5) is 0. The Morgan fingerprint density at radius 1 is 0.636 bits per heavy atom. The van der Waals surface area contributed by atoms with Gasteiger partial charge in [0.05, 0.1) is 11.6 Å². The van der Waals surface area contributed by atoms with Crippen molar-refractivity contribution in [2.75, 3.05) is 0 Å². The summed E-state index contributed by atoms with van der Waals surface area (Å²) in [7, 11) is 0. The molecule has 5 rings (SSSR count). The molecule has 0 radical (unpaired) electrons. The topological polar surface area (TPSA) is 33.0 Å². The van der Waals surface area contributed by atoms with E-state index in [1.165, 1.54) is 30.3 Å². The van der Waals surface area contributed by atoms with Crippen molar-refractivity contribution >= 4 is 0 Å². The fourth-order valence-electron chi connectivity index (χ4n) is 5.03. The Bertz CT molecular complexity index is 1770. The van der Waals surface area contributed by atoms with Gasteiger partial charge in [0.25, 0.3) is 0 Å². The van der Waals surface area contributed by atoms with Crippen molar-refractivity contribution in [3.63, 3.8) is 0 Å². The minimum Gasteiger partial charge on any atom is -0.429 e. The van der Waals surface area contributed by atoms with Crippen molar-refractivity contribution in [3.8, 4) is 45.2 Å². The van der Waals surface area contributed by atoms with Gasteiger partial charge in [-0.15, -0.1) is 0 Å². The molecule has 0 aliphatic rings. The minimum atomic E-state index is -4.30. The van der Waals surface area contributed by atoms with E-state index in [0.29, 0.717) is 33.4 Å². The Morgan fingerprint density at radius 2 is 1.18 bits per heavy atom. The fraction of sp³-hybridized carbons (Fsp3) is 0.162. The van der Waals surface area contributed by atoms with Crippen LogP contribution in [0, 0.1) is 28.8 Å². The molecule has 5 aromatic rings. The second-order valence-electron chi connectivity index (χ2n) is 10.5. The van der Waals surface area contributed by atoms with E-state index in [2.05, 4.69) is 6.92 Å². The maximum absolute atomic E-state index is 15.1. The van der Waals surface area contributed by atoms with E-state index in [0.717, 1.165) is 43.4 Å². The first-order chi connectivity index (χ1) is 21.2. The molecule has 0 aromatic heterocycles. The zero-order valence-electron chi connectivity index (χ0n) is 23.9. The summed E-state index contributed by atoms with van der Waals surface area (Å²) in [6.07, 6.45) is -0.162. The summed E-state index contributed by atoms with van der Waals surface area (Å²) in [5.74, 6) is -3.68. The molecule has 44 heavy (non-hydrogen) atoms. The molecule has 0 atom stereocenters. The van der Waals surface area contributed by atoms with Crippen LogP contribution in [0.15, 0.2) is 103 Å². The predicted molar refractivity (Wildman–Crippen MR) is 162 cm³/mol. The van der Waals surface area contributed by atoms with Gasteiger partial charge in [-0.2, -0.15) is 14.0 Å². The molecule has 0 spiro atoms. The Hall–Kier alpha value is -4.96. The predicted octanol–water partition coefficient (Wildman–Crippen LogP) is 10.8. The van der Waals surface area contributed by atoms with Crippen LogP contribution in [-0.4, -0.2) is 0 Å². The van der Waals surface area contributed by atoms with Gasteiger partial charge in [-0.1, -0.05) is 80.4 Å². The van der Waals surface area contributed by atoms with Gasteiger partial charge in [0.1, 0.15) is 28.8 Å². The molecule has 0 saturated carbocycles. The second-order valence-corrected chi connectivity index (χ2v) is 10.5. The summed E-state index contributed by atoms with van der Waals surface area (Å²) in [6, 6.07) is 27.3. The van der Waals surface area contributed by atoms with Crippen LogP contribution in [0.25, 0.3) is 33.4 Å². The van der Waals surface area contributed by atoms with Crippen LogP contribution in [0.2, 0.25) is 0 Å². The molecule has 0 aliphatic carbocycles. The van der Waals surface area contributed by atoms with Crippen molar-refractivity contribution in [1.29, 1.82) is 5.26 Å². The van der Waals surface area contributed by atoms with Crippen LogP contribution in [0.4, 0.5) is 22.0 Å². The van der Waals surface area contributed by atoms with Crippen LogP contribution in [0.5, 0.6) is 5.75 Å². The maximum atomic E-state index is 15.1. The zero-order valence-corrected chi connectivity index (χ0v) is 23.9. The highest BCUT2D eigenvalue weighted by Crippen LogP contribution is 2.38. The number of nitrogens with zero attached hydrogens (tertiary/aromatic N) is 1. The Labute approximate surface area is 253 Å². The summed E-state index contributed by atoms with van der Waals surface area (Å²) < 4.78 is 79.7. The summed E-state index contributed by atoms with van der Waals surface area (Å²) in [5, 5.41) is 8.95. The SMILES string of the molecule is CCCCCc1ccc(-c2cc(F)c(C(F)(F)Oc3ccc(-c4ccc(-c5ccc(C#N)cc5)c(F)c4)cc3)c(F)c2)cc1. The number of benzene rings is 5. The number of alkyl halides is 2. The van der Waals surface area contributed by atoms with Crippen LogP contribution in [0.1, 0.15) is 42.9 Å². The highest BCUT2D eigenvalue weighted by atomic mass is 19.3. The molecule has 0 N–H and O–H groups in total. The number of aryl methyl sites for hydroxylation is 1. The van der Waals surface area contributed by atoms with Crippen LogP contribution in [0.3, 0.4) is 0 Å². The van der Waals surface area contributed by atoms with E-state index in [1.54, 1.807) is 48.5 Å². The van der Waals surface area contributed by atoms with E-state index in [9.17, 15) is 13.2 Å². The van der Waals surface area contributed by atoms with Crippen molar-refractivity contribution in [1.82, 2.24) is 0 Å². The van der Waals surface area contributed by atoms with Gasteiger partial charge in [0.2, 0.25) is 0 Å². The molecule has 222 valence electrons. The molecule has 5 aromatic carbocycles. The minimum absolute atomic E-state index is 0.140. The van der Waals surface area contributed by atoms with E-state index in [-0.39, 0.29) is 11.3 Å². The van der Waals surface area contributed by atoms with Gasteiger partial charge >= 0.3 is 6.11 Å². The Kier molecular flexibility index (Phi) is 9.10. The largest absolute Gasteiger partial charge is 0.432 e. The van der Waals surface area contributed by atoms with Crippen molar-refractivity contribution in [3.05, 3.63) is 137 Å². The number of ether oxygens (including phenoxy) is 1. The molecule has 0 unspecified atom stereocenters. The lowest BCUT2D eigenvalue weighted by Gasteiger charge is -2.20. The molecule has 0 saturated heterocycles. The average molecular weight is 598 g/mol. The van der Waals surface area contributed by atoms with Crippen LogP contribution >= 0.6 is 0 Å². The number of hydrogen-bond donors (Lipinski definition) is 0. The van der Waals surface area contributed by atoms with Gasteiger partial charge < -0.3 is 4.74 Å². The second kappa shape index (κ2) is 13.1. The van der Waals surface area contributed by atoms with Gasteiger partial charge in [-0.05, 0) is 88.7 Å². The van der Waals surface area contributed by atoms with Crippen molar-refractivity contribution in [2.24, 2.45) is 0 Å². The van der Waals surface area contributed by atoms with E-state index < -0.39 is 29.1 Å². The average Bonchev–Trinajstić information content (AvgIpc) is 3.01. The van der Waals surface area contributed by atoms with Crippen molar-refractivity contribution < 1.29 is 26.7 Å². The van der Waals surface area contributed by atoms with Crippen molar-refractivity contribution in [2.45, 2.75) is 38.7 Å². The number of nitriles is 1. The smallest absolute Gasteiger partial charge is 0.429 e. The Balaban J connectivity index is 1.30. The lowest BCUT2D eigenvalue weighted by Crippen LogP contribution is -2.25. The van der Waals surface area contributed by atoms with Gasteiger partial charge in [-0.25, -0.2) is 13.2 Å². The third kappa shape index (κ3) is 6.81. The molecule has 0 bridgehead atoms.